The van der Waals surface area contributed by atoms with E-state index in [0.29, 0.717) is 20.9 Å². The highest BCUT2D eigenvalue weighted by Gasteiger charge is 2.20. The van der Waals surface area contributed by atoms with Crippen molar-refractivity contribution in [2.24, 2.45) is 0 Å². The Morgan fingerprint density at radius 3 is 2.26 bits per heavy atom. The molecule has 3 aromatic rings. The molecular weight excluding hydrogens is 355 g/mol. The Balaban J connectivity index is 2.03. The molecule has 0 aliphatic rings. The molecule has 1 atom stereocenters. The number of hydrogen-bond acceptors (Lipinski definition) is 3. The molecule has 0 amide bonds. The van der Waals surface area contributed by atoms with Crippen LogP contribution in [0.2, 0.25) is 15.1 Å². The van der Waals surface area contributed by atoms with Crippen LogP contribution in [0, 0.1) is 0 Å². The minimum Gasteiger partial charge on any atom is -0.463 e. The first-order valence-electron chi connectivity index (χ1n) is 6.78. The summed E-state index contributed by atoms with van der Waals surface area (Å²) in [5, 5.41) is 9.52. The average Bonchev–Trinajstić information content (AvgIpc) is 2.55. The Morgan fingerprint density at radius 1 is 0.870 bits per heavy atom. The molecule has 116 valence electrons. The van der Waals surface area contributed by atoms with Crippen LogP contribution < -0.4 is 4.74 Å². The van der Waals surface area contributed by atoms with Gasteiger partial charge in [0.25, 0.3) is 0 Å². The van der Waals surface area contributed by atoms with Crippen LogP contribution in [0.5, 0.6) is 5.88 Å². The number of hydrogen-bond donors (Lipinski definition) is 0. The van der Waals surface area contributed by atoms with Gasteiger partial charge in [-0.15, -0.1) is 5.10 Å². The molecule has 6 heteroatoms. The van der Waals surface area contributed by atoms with E-state index in [0.717, 1.165) is 11.1 Å². The number of benzene rings is 2. The molecule has 0 fully saturated rings. The highest BCUT2D eigenvalue weighted by atomic mass is 35.5. The third-order valence-electron chi connectivity index (χ3n) is 3.20. The van der Waals surface area contributed by atoms with Gasteiger partial charge in [0.05, 0.1) is 0 Å². The van der Waals surface area contributed by atoms with E-state index in [1.807, 2.05) is 18.2 Å². The van der Waals surface area contributed by atoms with Crippen LogP contribution >= 0.6 is 34.8 Å². The minimum absolute atomic E-state index is 0.401. The molecule has 0 N–H and O–H groups in total. The molecule has 0 bridgehead atoms. The van der Waals surface area contributed by atoms with Crippen molar-refractivity contribution in [2.45, 2.75) is 6.10 Å². The lowest BCUT2D eigenvalue weighted by Gasteiger charge is -2.20. The van der Waals surface area contributed by atoms with E-state index in [1.165, 1.54) is 0 Å². The maximum absolute atomic E-state index is 6.35. The second-order valence-corrected chi connectivity index (χ2v) is 6.06. The summed E-state index contributed by atoms with van der Waals surface area (Å²) in [5.41, 5.74) is 1.67. The maximum Gasteiger partial charge on any atom is 0.234 e. The fourth-order valence-electron chi connectivity index (χ4n) is 2.13. The van der Waals surface area contributed by atoms with E-state index in [2.05, 4.69) is 10.2 Å². The Hall–Kier alpha value is -1.81. The zero-order valence-electron chi connectivity index (χ0n) is 11.8. The molecular formula is C17H11Cl3N2O. The van der Waals surface area contributed by atoms with Crippen molar-refractivity contribution in [3.8, 4) is 5.88 Å². The monoisotopic (exact) mass is 364 g/mol. The fourth-order valence-corrected chi connectivity index (χ4v) is 2.77. The van der Waals surface area contributed by atoms with E-state index in [4.69, 9.17) is 39.5 Å². The van der Waals surface area contributed by atoms with Gasteiger partial charge in [0.1, 0.15) is 0 Å². The van der Waals surface area contributed by atoms with Gasteiger partial charge < -0.3 is 4.74 Å². The largest absolute Gasteiger partial charge is 0.463 e. The van der Waals surface area contributed by atoms with Gasteiger partial charge in [0, 0.05) is 32.9 Å². The number of nitrogens with zero attached hydrogens (tertiary/aromatic N) is 2. The van der Waals surface area contributed by atoms with Crippen LogP contribution in [-0.2, 0) is 0 Å². The Morgan fingerprint density at radius 2 is 1.61 bits per heavy atom. The molecule has 1 unspecified atom stereocenters. The second-order valence-electron chi connectivity index (χ2n) is 4.78. The number of aromatic nitrogens is 2. The lowest BCUT2D eigenvalue weighted by atomic mass is 10.0. The first-order valence-corrected chi connectivity index (χ1v) is 7.91. The van der Waals surface area contributed by atoms with Gasteiger partial charge in [0.2, 0.25) is 5.88 Å². The van der Waals surface area contributed by atoms with Gasteiger partial charge in [-0.3, -0.25) is 0 Å². The first-order chi connectivity index (χ1) is 11.1. The highest BCUT2D eigenvalue weighted by Crippen LogP contribution is 2.34. The zero-order chi connectivity index (χ0) is 16.2. The van der Waals surface area contributed by atoms with Crippen molar-refractivity contribution in [1.29, 1.82) is 0 Å². The standard InChI is InChI=1S/C17H11Cl3N2O/c18-12-5-3-11(4-6-12)17(23-16-2-1-9-21-22-16)14-8-7-13(19)10-15(14)20/h1-10,17H. The Bertz CT molecular complexity index is 795. The van der Waals surface area contributed by atoms with Gasteiger partial charge in [-0.05, 0) is 35.9 Å². The summed E-state index contributed by atoms with van der Waals surface area (Å²) in [6, 6.07) is 16.1. The van der Waals surface area contributed by atoms with Gasteiger partial charge >= 0.3 is 0 Å². The van der Waals surface area contributed by atoms with Crippen molar-refractivity contribution < 1.29 is 4.74 Å². The third-order valence-corrected chi connectivity index (χ3v) is 4.02. The lowest BCUT2D eigenvalue weighted by Crippen LogP contribution is -2.11. The quantitative estimate of drug-likeness (QED) is 0.603. The molecule has 1 aromatic heterocycles. The van der Waals surface area contributed by atoms with Crippen LogP contribution in [-0.4, -0.2) is 10.2 Å². The summed E-state index contributed by atoms with van der Waals surface area (Å²) in [5.74, 6) is 0.401. The van der Waals surface area contributed by atoms with Crippen molar-refractivity contribution in [3.63, 3.8) is 0 Å². The highest BCUT2D eigenvalue weighted by molar-refractivity contribution is 6.35. The average molecular weight is 366 g/mol. The maximum atomic E-state index is 6.35. The summed E-state index contributed by atoms with van der Waals surface area (Å²) in [4.78, 5) is 0. The summed E-state index contributed by atoms with van der Waals surface area (Å²) in [6.45, 7) is 0. The normalized spacial score (nSPS) is 12.0. The van der Waals surface area contributed by atoms with E-state index in [1.54, 1.807) is 42.6 Å². The van der Waals surface area contributed by atoms with Gasteiger partial charge in [0.15, 0.2) is 6.10 Å². The van der Waals surface area contributed by atoms with Crippen molar-refractivity contribution in [3.05, 3.63) is 87.0 Å². The van der Waals surface area contributed by atoms with E-state index in [9.17, 15) is 0 Å². The summed E-state index contributed by atoms with van der Waals surface area (Å²) in [7, 11) is 0. The first kappa shape index (κ1) is 16.1. The van der Waals surface area contributed by atoms with E-state index in [-0.39, 0.29) is 0 Å². The van der Waals surface area contributed by atoms with Gasteiger partial charge in [-0.25, -0.2) is 0 Å². The van der Waals surface area contributed by atoms with Crippen LogP contribution in [0.3, 0.4) is 0 Å². The SMILES string of the molecule is Clc1ccc(C(Oc2cccnn2)c2ccc(Cl)cc2Cl)cc1. The molecule has 0 saturated heterocycles. The second kappa shape index (κ2) is 7.18. The molecule has 3 nitrogen and oxygen atoms in total. The van der Waals surface area contributed by atoms with Crippen LogP contribution in [0.15, 0.2) is 60.8 Å². The molecule has 0 aliphatic heterocycles. The fraction of sp³-hybridized carbons (Fsp3) is 0.0588. The van der Waals surface area contributed by atoms with Gasteiger partial charge in [-0.1, -0.05) is 53.0 Å². The topological polar surface area (TPSA) is 35.0 Å². The predicted molar refractivity (Wildman–Crippen MR) is 92.4 cm³/mol. The van der Waals surface area contributed by atoms with Crippen molar-refractivity contribution in [1.82, 2.24) is 10.2 Å². The minimum atomic E-state index is -0.450. The lowest BCUT2D eigenvalue weighted by molar-refractivity contribution is 0.234. The molecule has 0 aliphatic carbocycles. The predicted octanol–water partition coefficient (Wildman–Crippen LogP) is 5.61. The Kier molecular flexibility index (Phi) is 5.01. The van der Waals surface area contributed by atoms with Crippen LogP contribution in [0.25, 0.3) is 0 Å². The smallest absolute Gasteiger partial charge is 0.234 e. The van der Waals surface area contributed by atoms with E-state index >= 15 is 0 Å². The molecule has 0 spiro atoms. The zero-order valence-corrected chi connectivity index (χ0v) is 14.1. The molecule has 0 saturated carbocycles. The summed E-state index contributed by atoms with van der Waals surface area (Å²) < 4.78 is 6.00. The van der Waals surface area contributed by atoms with Gasteiger partial charge in [-0.2, -0.15) is 5.10 Å². The van der Waals surface area contributed by atoms with Crippen molar-refractivity contribution >= 4 is 34.8 Å². The summed E-state index contributed by atoms with van der Waals surface area (Å²) >= 11 is 18.3. The Labute approximate surface area is 148 Å². The number of rotatable bonds is 4. The van der Waals surface area contributed by atoms with Crippen molar-refractivity contribution in [2.75, 3.05) is 0 Å². The molecule has 2 aromatic carbocycles. The molecule has 23 heavy (non-hydrogen) atoms. The number of ether oxygens (including phenoxy) is 1. The van der Waals surface area contributed by atoms with Crippen LogP contribution in [0.4, 0.5) is 0 Å². The van der Waals surface area contributed by atoms with E-state index < -0.39 is 6.10 Å². The third kappa shape index (κ3) is 3.94. The number of halogens is 3. The molecule has 1 heterocycles. The molecule has 0 radical (unpaired) electrons. The summed E-state index contributed by atoms with van der Waals surface area (Å²) in [6.07, 6.45) is 1.13. The van der Waals surface area contributed by atoms with Crippen LogP contribution in [0.1, 0.15) is 17.2 Å². The molecule has 3 rings (SSSR count).